The van der Waals surface area contributed by atoms with E-state index >= 15 is 0 Å². The molecule has 0 amide bonds. The Morgan fingerprint density at radius 3 is 2.68 bits per heavy atom. The van der Waals surface area contributed by atoms with Crippen LogP contribution in [0.4, 0.5) is 13.2 Å². The molecule has 104 valence electrons. The Morgan fingerprint density at radius 1 is 1.37 bits per heavy atom. The Kier molecular flexibility index (Phi) is 3.80. The third-order valence-electron chi connectivity index (χ3n) is 3.09. The number of carbonyl (C=O) groups excluding carboxylic acids is 1. The van der Waals surface area contributed by atoms with Crippen molar-refractivity contribution in [3.8, 4) is 0 Å². The van der Waals surface area contributed by atoms with Gasteiger partial charge in [-0.2, -0.15) is 13.2 Å². The number of halogens is 3. The summed E-state index contributed by atoms with van der Waals surface area (Å²) in [6, 6.07) is 5.27. The van der Waals surface area contributed by atoms with E-state index in [2.05, 4.69) is 0 Å². The SMILES string of the molecule is O=C(OCCO)[C@@H]1C[C@H]1c1ccccc1C(F)(F)F. The number of carbonyl (C=O) groups is 1. The summed E-state index contributed by atoms with van der Waals surface area (Å²) < 4.78 is 43.2. The maximum atomic E-state index is 12.8. The van der Waals surface area contributed by atoms with Gasteiger partial charge in [0.15, 0.2) is 0 Å². The Bertz CT molecular complexity index is 470. The summed E-state index contributed by atoms with van der Waals surface area (Å²) in [7, 11) is 0. The van der Waals surface area contributed by atoms with Gasteiger partial charge in [-0.1, -0.05) is 18.2 Å². The Hall–Kier alpha value is -1.56. The summed E-state index contributed by atoms with van der Waals surface area (Å²) in [6.45, 7) is -0.411. The minimum atomic E-state index is -4.42. The molecule has 0 unspecified atom stereocenters. The van der Waals surface area contributed by atoms with E-state index in [0.29, 0.717) is 6.42 Å². The zero-order valence-corrected chi connectivity index (χ0v) is 9.98. The summed E-state index contributed by atoms with van der Waals surface area (Å²) in [6.07, 6.45) is -4.06. The van der Waals surface area contributed by atoms with Gasteiger partial charge in [0, 0.05) is 0 Å². The summed E-state index contributed by atoms with van der Waals surface area (Å²) in [5.74, 6) is -1.52. The summed E-state index contributed by atoms with van der Waals surface area (Å²) in [5.41, 5.74) is -0.557. The van der Waals surface area contributed by atoms with Gasteiger partial charge in [-0.25, -0.2) is 0 Å². The quantitative estimate of drug-likeness (QED) is 0.857. The van der Waals surface area contributed by atoms with Gasteiger partial charge in [0.25, 0.3) is 0 Å². The molecule has 2 atom stereocenters. The van der Waals surface area contributed by atoms with Crippen molar-refractivity contribution < 1.29 is 27.8 Å². The van der Waals surface area contributed by atoms with E-state index in [1.165, 1.54) is 18.2 Å². The number of ether oxygens (including phenoxy) is 1. The molecular weight excluding hydrogens is 261 g/mol. The van der Waals surface area contributed by atoms with Crippen molar-refractivity contribution in [2.45, 2.75) is 18.5 Å². The van der Waals surface area contributed by atoms with Crippen molar-refractivity contribution in [1.29, 1.82) is 0 Å². The number of hydrogen-bond donors (Lipinski definition) is 1. The molecule has 0 aromatic heterocycles. The monoisotopic (exact) mass is 274 g/mol. The van der Waals surface area contributed by atoms with Crippen LogP contribution in [0.5, 0.6) is 0 Å². The van der Waals surface area contributed by atoms with E-state index < -0.39 is 29.5 Å². The highest BCUT2D eigenvalue weighted by atomic mass is 19.4. The first kappa shape index (κ1) is 13.9. The highest BCUT2D eigenvalue weighted by Crippen LogP contribution is 2.51. The lowest BCUT2D eigenvalue weighted by molar-refractivity contribution is -0.146. The minimum absolute atomic E-state index is 0.122. The van der Waals surface area contributed by atoms with Crippen LogP contribution in [0.25, 0.3) is 0 Å². The first-order valence-corrected chi connectivity index (χ1v) is 5.88. The second-order valence-electron chi connectivity index (χ2n) is 4.42. The van der Waals surface area contributed by atoms with Crippen LogP contribution < -0.4 is 0 Å². The van der Waals surface area contributed by atoms with Gasteiger partial charge < -0.3 is 9.84 Å². The standard InChI is InChI=1S/C13H13F3O3/c14-13(15,16)11-4-2-1-3-8(11)9-7-10(9)12(18)19-6-5-17/h1-4,9-10,17H,5-7H2/t9-,10+/m0/s1. The van der Waals surface area contributed by atoms with Crippen LogP contribution in [-0.4, -0.2) is 24.3 Å². The number of benzene rings is 1. The highest BCUT2D eigenvalue weighted by Gasteiger charge is 2.48. The van der Waals surface area contributed by atoms with E-state index in [9.17, 15) is 18.0 Å². The maximum Gasteiger partial charge on any atom is 0.416 e. The van der Waals surface area contributed by atoms with E-state index in [0.717, 1.165) is 6.07 Å². The van der Waals surface area contributed by atoms with Gasteiger partial charge in [-0.05, 0) is 24.0 Å². The number of hydrogen-bond acceptors (Lipinski definition) is 3. The molecule has 1 aliphatic rings. The molecule has 1 aromatic carbocycles. The number of rotatable bonds is 4. The first-order chi connectivity index (χ1) is 8.95. The predicted octanol–water partition coefficient (Wildman–Crippen LogP) is 2.34. The smallest absolute Gasteiger partial charge is 0.416 e. The van der Waals surface area contributed by atoms with Crippen molar-refractivity contribution in [3.05, 3.63) is 35.4 Å². The van der Waals surface area contributed by atoms with Crippen LogP contribution in [0, 0.1) is 5.92 Å². The summed E-state index contributed by atoms with van der Waals surface area (Å²) in [4.78, 5) is 11.5. The Balaban J connectivity index is 2.11. The predicted molar refractivity (Wildman–Crippen MR) is 60.3 cm³/mol. The number of aliphatic hydroxyl groups excluding tert-OH is 1. The normalized spacial score (nSPS) is 22.1. The topological polar surface area (TPSA) is 46.5 Å². The number of esters is 1. The van der Waals surface area contributed by atoms with Gasteiger partial charge in [0.2, 0.25) is 0 Å². The molecule has 0 heterocycles. The fraction of sp³-hybridized carbons (Fsp3) is 0.462. The first-order valence-electron chi connectivity index (χ1n) is 5.88. The largest absolute Gasteiger partial charge is 0.463 e. The second kappa shape index (κ2) is 5.21. The molecule has 6 heteroatoms. The lowest BCUT2D eigenvalue weighted by atomic mass is 10.0. The molecule has 1 aliphatic carbocycles. The van der Waals surface area contributed by atoms with Crippen LogP contribution in [0.15, 0.2) is 24.3 Å². The molecule has 0 bridgehead atoms. The van der Waals surface area contributed by atoms with Gasteiger partial charge in [0.05, 0.1) is 18.1 Å². The van der Waals surface area contributed by atoms with Gasteiger partial charge in [0.1, 0.15) is 6.61 Å². The molecule has 3 nitrogen and oxygen atoms in total. The molecule has 0 spiro atoms. The van der Waals surface area contributed by atoms with Gasteiger partial charge in [-0.15, -0.1) is 0 Å². The van der Waals surface area contributed by atoms with Crippen LogP contribution in [-0.2, 0) is 15.7 Å². The molecular formula is C13H13F3O3. The van der Waals surface area contributed by atoms with Crippen LogP contribution >= 0.6 is 0 Å². The molecule has 2 rings (SSSR count). The average Bonchev–Trinajstić information content (AvgIpc) is 3.15. The number of alkyl halides is 3. The van der Waals surface area contributed by atoms with Gasteiger partial charge >= 0.3 is 12.1 Å². The Labute approximate surface area is 108 Å². The molecule has 1 fully saturated rings. The number of aliphatic hydroxyl groups is 1. The third-order valence-corrected chi connectivity index (χ3v) is 3.09. The van der Waals surface area contributed by atoms with E-state index in [1.807, 2.05) is 0 Å². The minimum Gasteiger partial charge on any atom is -0.463 e. The zero-order chi connectivity index (χ0) is 14.0. The fourth-order valence-electron chi connectivity index (χ4n) is 2.13. The van der Waals surface area contributed by atoms with Crippen molar-refractivity contribution in [2.75, 3.05) is 13.2 Å². The molecule has 1 aromatic rings. The average molecular weight is 274 g/mol. The van der Waals surface area contributed by atoms with E-state index in [4.69, 9.17) is 9.84 Å². The maximum absolute atomic E-state index is 12.8. The molecule has 0 radical (unpaired) electrons. The molecule has 0 saturated heterocycles. The van der Waals surface area contributed by atoms with Gasteiger partial charge in [-0.3, -0.25) is 4.79 Å². The van der Waals surface area contributed by atoms with Crippen LogP contribution in [0.2, 0.25) is 0 Å². The van der Waals surface area contributed by atoms with Crippen molar-refractivity contribution in [3.63, 3.8) is 0 Å². The highest BCUT2D eigenvalue weighted by molar-refractivity contribution is 5.77. The van der Waals surface area contributed by atoms with Crippen molar-refractivity contribution in [1.82, 2.24) is 0 Å². The lowest BCUT2D eigenvalue weighted by Gasteiger charge is -2.12. The van der Waals surface area contributed by atoms with Crippen LogP contribution in [0.1, 0.15) is 23.5 Å². The molecule has 1 saturated carbocycles. The fourth-order valence-corrected chi connectivity index (χ4v) is 2.13. The lowest BCUT2D eigenvalue weighted by Crippen LogP contribution is -2.13. The molecule has 1 N–H and O–H groups in total. The Morgan fingerprint density at radius 2 is 2.05 bits per heavy atom. The summed E-state index contributed by atoms with van der Waals surface area (Å²) >= 11 is 0. The van der Waals surface area contributed by atoms with E-state index in [-0.39, 0.29) is 18.8 Å². The van der Waals surface area contributed by atoms with E-state index in [1.54, 1.807) is 0 Å². The third kappa shape index (κ3) is 3.07. The molecule has 0 aliphatic heterocycles. The van der Waals surface area contributed by atoms with Crippen molar-refractivity contribution in [2.24, 2.45) is 5.92 Å². The summed E-state index contributed by atoms with van der Waals surface area (Å²) in [5, 5.41) is 8.53. The second-order valence-corrected chi connectivity index (χ2v) is 4.42. The molecule has 19 heavy (non-hydrogen) atoms. The van der Waals surface area contributed by atoms with Crippen LogP contribution in [0.3, 0.4) is 0 Å². The van der Waals surface area contributed by atoms with Crippen molar-refractivity contribution >= 4 is 5.97 Å². The zero-order valence-electron chi connectivity index (χ0n) is 9.98.